The molecular weight excluding hydrogens is 266 g/mol. The van der Waals surface area contributed by atoms with Crippen molar-refractivity contribution in [2.24, 2.45) is 5.92 Å². The Morgan fingerprint density at radius 1 is 1.33 bits per heavy atom. The number of likely N-dealkylation sites (tertiary alicyclic amines) is 1. The van der Waals surface area contributed by atoms with E-state index in [0.717, 1.165) is 64.0 Å². The van der Waals surface area contributed by atoms with Gasteiger partial charge in [-0.25, -0.2) is 4.68 Å². The quantitative estimate of drug-likeness (QED) is 0.905. The van der Waals surface area contributed by atoms with Crippen LogP contribution in [0.15, 0.2) is 16.9 Å². The first-order chi connectivity index (χ1) is 10.0. The van der Waals surface area contributed by atoms with Crippen LogP contribution in [0.5, 0.6) is 0 Å². The van der Waals surface area contributed by atoms with Crippen molar-refractivity contribution in [2.75, 3.05) is 19.6 Å². The lowest BCUT2D eigenvalue weighted by Crippen LogP contribution is -2.50. The Labute approximate surface area is 125 Å². The first-order valence-electron chi connectivity index (χ1n) is 8.04. The number of aryl methyl sites for hydroxylation is 1. The van der Waals surface area contributed by atoms with E-state index in [1.807, 2.05) is 6.92 Å². The van der Waals surface area contributed by atoms with Gasteiger partial charge in [0, 0.05) is 19.2 Å². The number of nitrogens with zero attached hydrogens (tertiary/aromatic N) is 3. The molecule has 5 nitrogen and oxygen atoms in total. The van der Waals surface area contributed by atoms with E-state index >= 15 is 0 Å². The van der Waals surface area contributed by atoms with Crippen LogP contribution in [0, 0.1) is 12.8 Å². The number of aliphatic hydroxyl groups is 1. The minimum Gasteiger partial charge on any atom is -0.389 e. The molecule has 1 saturated heterocycles. The monoisotopic (exact) mass is 291 g/mol. The molecule has 2 heterocycles. The third-order valence-corrected chi connectivity index (χ3v) is 4.94. The summed E-state index contributed by atoms with van der Waals surface area (Å²) in [6.07, 6.45) is 5.23. The largest absolute Gasteiger partial charge is 0.389 e. The van der Waals surface area contributed by atoms with E-state index in [2.05, 4.69) is 10.00 Å². The molecule has 0 atom stereocenters. The van der Waals surface area contributed by atoms with Gasteiger partial charge in [-0.1, -0.05) is 0 Å². The average molecular weight is 291 g/mol. The van der Waals surface area contributed by atoms with Crippen LogP contribution in [0.1, 0.15) is 37.8 Å². The van der Waals surface area contributed by atoms with Crippen LogP contribution in [-0.4, -0.2) is 45.0 Å². The summed E-state index contributed by atoms with van der Waals surface area (Å²) in [4.78, 5) is 14.2. The molecule has 1 N–H and O–H groups in total. The zero-order valence-corrected chi connectivity index (χ0v) is 12.8. The fourth-order valence-electron chi connectivity index (χ4n) is 3.41. The number of piperidine rings is 1. The van der Waals surface area contributed by atoms with Gasteiger partial charge in [-0.2, -0.15) is 5.10 Å². The molecule has 1 aromatic rings. The number of aromatic nitrogens is 2. The Kier molecular flexibility index (Phi) is 4.13. The van der Waals surface area contributed by atoms with E-state index < -0.39 is 5.60 Å². The fraction of sp³-hybridized carbons (Fsp3) is 0.750. The Hall–Kier alpha value is -1.20. The predicted octanol–water partition coefficient (Wildman–Crippen LogP) is 1.18. The van der Waals surface area contributed by atoms with E-state index in [1.54, 1.807) is 16.8 Å². The van der Waals surface area contributed by atoms with E-state index in [9.17, 15) is 9.90 Å². The van der Waals surface area contributed by atoms with Gasteiger partial charge in [0.1, 0.15) is 0 Å². The molecule has 1 aliphatic carbocycles. The molecule has 1 saturated carbocycles. The summed E-state index contributed by atoms with van der Waals surface area (Å²) < 4.78 is 1.61. The summed E-state index contributed by atoms with van der Waals surface area (Å²) >= 11 is 0. The summed E-state index contributed by atoms with van der Waals surface area (Å²) in [7, 11) is 0. The highest BCUT2D eigenvalue weighted by Gasteiger charge is 2.36. The van der Waals surface area contributed by atoms with Crippen LogP contribution in [0.2, 0.25) is 0 Å². The molecule has 21 heavy (non-hydrogen) atoms. The lowest BCUT2D eigenvalue weighted by atomic mass is 9.79. The minimum atomic E-state index is -0.415. The van der Waals surface area contributed by atoms with Gasteiger partial charge < -0.3 is 10.0 Å². The second kappa shape index (κ2) is 5.89. The molecule has 2 fully saturated rings. The molecule has 3 rings (SSSR count). The van der Waals surface area contributed by atoms with Gasteiger partial charge in [-0.15, -0.1) is 0 Å². The second-order valence-electron chi connectivity index (χ2n) is 6.79. The highest BCUT2D eigenvalue weighted by atomic mass is 16.3. The summed E-state index contributed by atoms with van der Waals surface area (Å²) in [6.45, 7) is 5.50. The van der Waals surface area contributed by atoms with Gasteiger partial charge >= 0.3 is 0 Å². The highest BCUT2D eigenvalue weighted by molar-refractivity contribution is 4.97. The zero-order valence-electron chi connectivity index (χ0n) is 12.8. The average Bonchev–Trinajstić information content (AvgIpc) is 2.43. The lowest BCUT2D eigenvalue weighted by Gasteiger charge is -2.42. The van der Waals surface area contributed by atoms with Gasteiger partial charge in [0.15, 0.2) is 0 Å². The van der Waals surface area contributed by atoms with E-state index in [0.29, 0.717) is 5.92 Å². The molecule has 0 spiro atoms. The van der Waals surface area contributed by atoms with Crippen molar-refractivity contribution >= 4 is 0 Å². The van der Waals surface area contributed by atoms with Gasteiger partial charge in [-0.05, 0) is 64.1 Å². The van der Waals surface area contributed by atoms with E-state index in [-0.39, 0.29) is 5.56 Å². The molecule has 1 aliphatic heterocycles. The highest BCUT2D eigenvalue weighted by Crippen LogP contribution is 2.33. The molecular formula is C16H25N3O2. The normalized spacial score (nSPS) is 23.0. The molecule has 2 aliphatic rings. The second-order valence-corrected chi connectivity index (χ2v) is 6.79. The Morgan fingerprint density at radius 3 is 2.67 bits per heavy atom. The van der Waals surface area contributed by atoms with E-state index in [1.165, 1.54) is 0 Å². The maximum Gasteiger partial charge on any atom is 0.266 e. The van der Waals surface area contributed by atoms with Crippen molar-refractivity contribution in [3.63, 3.8) is 0 Å². The summed E-state index contributed by atoms with van der Waals surface area (Å²) in [5.41, 5.74) is 0.466. The van der Waals surface area contributed by atoms with Crippen molar-refractivity contribution in [2.45, 2.75) is 51.2 Å². The number of rotatable bonds is 4. The molecule has 0 amide bonds. The van der Waals surface area contributed by atoms with Gasteiger partial charge in [0.2, 0.25) is 0 Å². The molecule has 0 radical (unpaired) electrons. The van der Waals surface area contributed by atoms with Crippen LogP contribution in [0.4, 0.5) is 0 Å². The van der Waals surface area contributed by atoms with Crippen LogP contribution < -0.4 is 5.56 Å². The standard InChI is InChI=1S/C16H25N3O2/c1-13-3-4-15(20)19(17-13)11-14-5-9-18(10-6-14)12-16(21)7-2-8-16/h3-4,14,21H,2,5-12H2,1H3. The Bertz CT molecular complexity index is 543. The predicted molar refractivity (Wildman–Crippen MR) is 81.2 cm³/mol. The van der Waals surface area contributed by atoms with Crippen LogP contribution in [0.25, 0.3) is 0 Å². The number of β-amino-alcohol motifs (C(OH)–C–C–N with tert-alkyl or cyclic N) is 1. The fourth-order valence-corrected chi connectivity index (χ4v) is 3.41. The maximum absolute atomic E-state index is 11.8. The van der Waals surface area contributed by atoms with Gasteiger partial charge in [0.05, 0.1) is 11.3 Å². The van der Waals surface area contributed by atoms with Gasteiger partial charge in [-0.3, -0.25) is 4.79 Å². The van der Waals surface area contributed by atoms with Crippen molar-refractivity contribution in [1.29, 1.82) is 0 Å². The molecule has 5 heteroatoms. The third-order valence-electron chi connectivity index (χ3n) is 4.94. The number of hydrogen-bond acceptors (Lipinski definition) is 4. The Balaban J connectivity index is 1.51. The first-order valence-corrected chi connectivity index (χ1v) is 8.04. The lowest BCUT2D eigenvalue weighted by molar-refractivity contribution is -0.0640. The van der Waals surface area contributed by atoms with Crippen LogP contribution in [-0.2, 0) is 6.54 Å². The summed E-state index contributed by atoms with van der Waals surface area (Å²) in [6, 6.07) is 3.37. The Morgan fingerprint density at radius 2 is 2.05 bits per heavy atom. The van der Waals surface area contributed by atoms with E-state index in [4.69, 9.17) is 0 Å². The SMILES string of the molecule is Cc1ccc(=O)n(CC2CCN(CC3(O)CCC3)CC2)n1. The maximum atomic E-state index is 11.8. The summed E-state index contributed by atoms with van der Waals surface area (Å²) in [5, 5.41) is 14.6. The first kappa shape index (κ1) is 14.7. The van der Waals surface area contributed by atoms with Crippen molar-refractivity contribution in [3.05, 3.63) is 28.2 Å². The molecule has 0 unspecified atom stereocenters. The smallest absolute Gasteiger partial charge is 0.266 e. The molecule has 0 aromatic carbocycles. The molecule has 1 aromatic heterocycles. The van der Waals surface area contributed by atoms with Crippen LogP contribution in [0.3, 0.4) is 0 Å². The van der Waals surface area contributed by atoms with Crippen molar-refractivity contribution in [1.82, 2.24) is 14.7 Å². The minimum absolute atomic E-state index is 0.00758. The number of hydrogen-bond donors (Lipinski definition) is 1. The van der Waals surface area contributed by atoms with Crippen LogP contribution >= 0.6 is 0 Å². The molecule has 0 bridgehead atoms. The third kappa shape index (κ3) is 3.52. The van der Waals surface area contributed by atoms with Gasteiger partial charge in [0.25, 0.3) is 5.56 Å². The van der Waals surface area contributed by atoms with Crippen molar-refractivity contribution < 1.29 is 5.11 Å². The topological polar surface area (TPSA) is 58.4 Å². The zero-order chi connectivity index (χ0) is 14.9. The molecule has 116 valence electrons. The summed E-state index contributed by atoms with van der Waals surface area (Å²) in [5.74, 6) is 0.518. The van der Waals surface area contributed by atoms with Crippen molar-refractivity contribution in [3.8, 4) is 0 Å².